The predicted molar refractivity (Wildman–Crippen MR) is 66.1 cm³/mol. The van der Waals surface area contributed by atoms with E-state index < -0.39 is 40.9 Å². The van der Waals surface area contributed by atoms with Crippen molar-refractivity contribution in [3.05, 3.63) is 35.4 Å². The summed E-state index contributed by atoms with van der Waals surface area (Å²) in [5.41, 5.74) is -1.32. The molecule has 0 unspecified atom stereocenters. The van der Waals surface area contributed by atoms with Crippen LogP contribution in [-0.2, 0) is 9.53 Å². The van der Waals surface area contributed by atoms with Gasteiger partial charge in [-0.25, -0.2) is 18.4 Å². The maximum atomic E-state index is 13.5. The van der Waals surface area contributed by atoms with Gasteiger partial charge in [0.1, 0.15) is 17.2 Å². The van der Waals surface area contributed by atoms with Gasteiger partial charge in [-0.3, -0.25) is 0 Å². The standard InChI is InChI=1S/C13H15F2NO4/c1-13(2,3)20-12(19)16-10(11(17)18)8-6-7(14)4-5-9(8)15/h4-6,10H,1-3H3,(H,16,19)(H,17,18)/t10-/m0/s1. The lowest BCUT2D eigenvalue weighted by Crippen LogP contribution is -2.38. The van der Waals surface area contributed by atoms with Gasteiger partial charge in [0.2, 0.25) is 0 Å². The molecular weight excluding hydrogens is 272 g/mol. The number of carbonyl (C=O) groups is 2. The fourth-order valence-electron chi connectivity index (χ4n) is 1.43. The molecule has 0 saturated heterocycles. The van der Waals surface area contributed by atoms with Crippen LogP contribution in [0.4, 0.5) is 13.6 Å². The molecule has 110 valence electrons. The summed E-state index contributed by atoms with van der Waals surface area (Å²) in [6.07, 6.45) is -1.03. The molecule has 0 saturated carbocycles. The second kappa shape index (κ2) is 5.85. The Kier molecular flexibility index (Phi) is 4.65. The number of benzene rings is 1. The van der Waals surface area contributed by atoms with E-state index >= 15 is 0 Å². The normalized spacial score (nSPS) is 12.7. The highest BCUT2D eigenvalue weighted by Gasteiger charge is 2.28. The third-order valence-corrected chi connectivity index (χ3v) is 2.18. The first-order valence-corrected chi connectivity index (χ1v) is 5.77. The summed E-state index contributed by atoms with van der Waals surface area (Å²) in [7, 11) is 0. The average Bonchev–Trinajstić information content (AvgIpc) is 2.27. The van der Waals surface area contributed by atoms with Crippen LogP contribution in [0.5, 0.6) is 0 Å². The third kappa shape index (κ3) is 4.49. The summed E-state index contributed by atoms with van der Waals surface area (Å²) < 4.78 is 31.5. The topological polar surface area (TPSA) is 75.6 Å². The number of ether oxygens (including phenoxy) is 1. The first-order chi connectivity index (χ1) is 9.10. The summed E-state index contributed by atoms with van der Waals surface area (Å²) in [5, 5.41) is 11.0. The molecule has 0 spiro atoms. The van der Waals surface area contributed by atoms with Gasteiger partial charge in [-0.2, -0.15) is 0 Å². The van der Waals surface area contributed by atoms with Gasteiger partial charge in [-0.05, 0) is 39.0 Å². The van der Waals surface area contributed by atoms with Crippen molar-refractivity contribution in [1.82, 2.24) is 5.32 Å². The zero-order valence-electron chi connectivity index (χ0n) is 11.2. The molecule has 0 aliphatic carbocycles. The number of carbonyl (C=O) groups excluding carboxylic acids is 1. The van der Waals surface area contributed by atoms with E-state index in [0.717, 1.165) is 12.1 Å². The summed E-state index contributed by atoms with van der Waals surface area (Å²) in [5.74, 6) is -3.27. The molecule has 1 rings (SSSR count). The van der Waals surface area contributed by atoms with Crippen LogP contribution in [0.25, 0.3) is 0 Å². The highest BCUT2D eigenvalue weighted by atomic mass is 19.1. The van der Waals surface area contributed by atoms with Gasteiger partial charge in [0.05, 0.1) is 0 Å². The lowest BCUT2D eigenvalue weighted by Gasteiger charge is -2.22. The smallest absolute Gasteiger partial charge is 0.408 e. The van der Waals surface area contributed by atoms with E-state index in [9.17, 15) is 18.4 Å². The highest BCUT2D eigenvalue weighted by molar-refractivity contribution is 5.81. The van der Waals surface area contributed by atoms with Crippen molar-refractivity contribution < 1.29 is 28.2 Å². The molecule has 1 atom stereocenters. The van der Waals surface area contributed by atoms with Crippen molar-refractivity contribution in [2.45, 2.75) is 32.4 Å². The summed E-state index contributed by atoms with van der Waals surface area (Å²) in [4.78, 5) is 22.6. The van der Waals surface area contributed by atoms with Crippen LogP contribution in [0.15, 0.2) is 18.2 Å². The lowest BCUT2D eigenvalue weighted by molar-refractivity contribution is -0.139. The van der Waals surface area contributed by atoms with Crippen molar-refractivity contribution in [3.8, 4) is 0 Å². The van der Waals surface area contributed by atoms with Gasteiger partial charge >= 0.3 is 12.1 Å². The monoisotopic (exact) mass is 287 g/mol. The number of aliphatic carboxylic acids is 1. The number of hydrogen-bond donors (Lipinski definition) is 2. The Morgan fingerprint density at radius 1 is 1.30 bits per heavy atom. The van der Waals surface area contributed by atoms with Crippen LogP contribution in [0.2, 0.25) is 0 Å². The zero-order valence-corrected chi connectivity index (χ0v) is 11.2. The van der Waals surface area contributed by atoms with Gasteiger partial charge in [0.25, 0.3) is 0 Å². The zero-order chi connectivity index (χ0) is 15.5. The Bertz CT molecular complexity index is 526. The molecular formula is C13H15F2NO4. The third-order valence-electron chi connectivity index (χ3n) is 2.18. The van der Waals surface area contributed by atoms with Crippen LogP contribution >= 0.6 is 0 Å². The van der Waals surface area contributed by atoms with Crippen LogP contribution in [0.3, 0.4) is 0 Å². The Morgan fingerprint density at radius 2 is 1.90 bits per heavy atom. The van der Waals surface area contributed by atoms with Gasteiger partial charge < -0.3 is 15.2 Å². The number of nitrogens with one attached hydrogen (secondary N) is 1. The van der Waals surface area contributed by atoms with Gasteiger partial charge in [0, 0.05) is 5.56 Å². The van der Waals surface area contributed by atoms with E-state index in [-0.39, 0.29) is 0 Å². The van der Waals surface area contributed by atoms with Crippen LogP contribution in [-0.4, -0.2) is 22.8 Å². The SMILES string of the molecule is CC(C)(C)OC(=O)N[C@H](C(=O)O)c1cc(F)ccc1F. The first-order valence-electron chi connectivity index (χ1n) is 5.77. The minimum absolute atomic E-state index is 0.483. The minimum Gasteiger partial charge on any atom is -0.479 e. The van der Waals surface area contributed by atoms with Gasteiger partial charge in [0.15, 0.2) is 6.04 Å². The quantitative estimate of drug-likeness (QED) is 0.896. The maximum Gasteiger partial charge on any atom is 0.408 e. The van der Waals surface area contributed by atoms with E-state index in [4.69, 9.17) is 9.84 Å². The molecule has 1 amide bonds. The molecule has 0 aromatic heterocycles. The largest absolute Gasteiger partial charge is 0.479 e. The Balaban J connectivity index is 2.98. The number of carboxylic acids is 1. The number of halogens is 2. The van der Waals surface area contributed by atoms with Crippen LogP contribution in [0, 0.1) is 11.6 Å². The molecule has 2 N–H and O–H groups in total. The predicted octanol–water partition coefficient (Wildman–Crippen LogP) is 2.62. The van der Waals surface area contributed by atoms with Crippen LogP contribution < -0.4 is 5.32 Å². The van der Waals surface area contributed by atoms with E-state index in [1.165, 1.54) is 0 Å². The summed E-state index contributed by atoms with van der Waals surface area (Å²) in [6.45, 7) is 4.77. The molecule has 7 heteroatoms. The molecule has 1 aromatic carbocycles. The Labute approximate surface area is 114 Å². The minimum atomic E-state index is -1.74. The molecule has 0 fully saturated rings. The highest BCUT2D eigenvalue weighted by Crippen LogP contribution is 2.19. The Hall–Kier alpha value is -2.18. The molecule has 0 aliphatic rings. The van der Waals surface area contributed by atoms with Crippen molar-refractivity contribution in [2.75, 3.05) is 0 Å². The summed E-state index contributed by atoms with van der Waals surface area (Å²) >= 11 is 0. The summed E-state index contributed by atoms with van der Waals surface area (Å²) in [6, 6.07) is 0.620. The van der Waals surface area contributed by atoms with E-state index in [0.29, 0.717) is 6.07 Å². The molecule has 20 heavy (non-hydrogen) atoms. The molecule has 0 bridgehead atoms. The van der Waals surface area contributed by atoms with Crippen molar-refractivity contribution >= 4 is 12.1 Å². The van der Waals surface area contributed by atoms with E-state index in [1.54, 1.807) is 20.8 Å². The van der Waals surface area contributed by atoms with Crippen molar-refractivity contribution in [2.24, 2.45) is 0 Å². The van der Waals surface area contributed by atoms with E-state index in [1.807, 2.05) is 5.32 Å². The van der Waals surface area contributed by atoms with Crippen molar-refractivity contribution in [1.29, 1.82) is 0 Å². The average molecular weight is 287 g/mol. The van der Waals surface area contributed by atoms with Gasteiger partial charge in [-0.1, -0.05) is 0 Å². The number of alkyl carbamates (subject to hydrolysis) is 1. The second-order valence-corrected chi connectivity index (χ2v) is 5.08. The number of rotatable bonds is 3. The first kappa shape index (κ1) is 15.9. The van der Waals surface area contributed by atoms with Crippen molar-refractivity contribution in [3.63, 3.8) is 0 Å². The number of amides is 1. The van der Waals surface area contributed by atoms with Gasteiger partial charge in [-0.15, -0.1) is 0 Å². The number of hydrogen-bond acceptors (Lipinski definition) is 3. The molecule has 0 radical (unpaired) electrons. The molecule has 1 aromatic rings. The van der Waals surface area contributed by atoms with E-state index in [2.05, 4.69) is 0 Å². The molecule has 0 aliphatic heterocycles. The molecule has 5 nitrogen and oxygen atoms in total. The fourth-order valence-corrected chi connectivity index (χ4v) is 1.43. The fraction of sp³-hybridized carbons (Fsp3) is 0.385. The Morgan fingerprint density at radius 3 is 2.40 bits per heavy atom. The maximum absolute atomic E-state index is 13.5. The lowest BCUT2D eigenvalue weighted by atomic mass is 10.1. The van der Waals surface area contributed by atoms with Crippen LogP contribution in [0.1, 0.15) is 32.4 Å². The molecule has 0 heterocycles. The second-order valence-electron chi connectivity index (χ2n) is 5.08. The number of carboxylic acid groups (broad SMARTS) is 1.